The number of fused-ring (bicyclic) bond motifs is 2. The summed E-state index contributed by atoms with van der Waals surface area (Å²) in [5.41, 5.74) is -2.09. The molecule has 1 aromatic heterocycles. The van der Waals surface area contributed by atoms with Crippen LogP contribution in [0.2, 0.25) is 0 Å². The monoisotopic (exact) mass is 329 g/mol. The van der Waals surface area contributed by atoms with Gasteiger partial charge in [-0.3, -0.25) is 14.4 Å². The van der Waals surface area contributed by atoms with Crippen LogP contribution < -0.4 is 10.2 Å². The van der Waals surface area contributed by atoms with Crippen LogP contribution >= 0.6 is 0 Å². The Morgan fingerprint density at radius 2 is 2.00 bits per heavy atom. The van der Waals surface area contributed by atoms with Gasteiger partial charge in [-0.2, -0.15) is 0 Å². The number of Topliss-reactive ketones (excluding diaryl/α,β-unsaturated/α-hetero) is 1. The number of carbonyl (C=O) groups is 2. The van der Waals surface area contributed by atoms with Gasteiger partial charge in [-0.05, 0) is 19.1 Å². The van der Waals surface area contributed by atoms with E-state index in [1.807, 2.05) is 0 Å². The number of hydrogen-bond donors (Lipinski definition) is 3. The number of ketones is 2. The van der Waals surface area contributed by atoms with E-state index in [2.05, 4.69) is 4.98 Å². The van der Waals surface area contributed by atoms with Gasteiger partial charge >= 0.3 is 0 Å². The maximum atomic E-state index is 12.7. The summed E-state index contributed by atoms with van der Waals surface area (Å²) < 4.78 is 5.05. The third kappa shape index (κ3) is 2.21. The van der Waals surface area contributed by atoms with Crippen LogP contribution in [0.25, 0.3) is 17.0 Å². The second-order valence-corrected chi connectivity index (χ2v) is 5.71. The first-order valence-corrected chi connectivity index (χ1v) is 7.19. The van der Waals surface area contributed by atoms with Gasteiger partial charge in [0.1, 0.15) is 11.5 Å². The fourth-order valence-corrected chi connectivity index (χ4v) is 2.81. The molecule has 24 heavy (non-hydrogen) atoms. The molecule has 1 aliphatic rings. The fourth-order valence-electron chi connectivity index (χ4n) is 2.81. The minimum atomic E-state index is -2.22. The average Bonchev–Trinajstić information content (AvgIpc) is 2.65. The maximum absolute atomic E-state index is 12.7. The van der Waals surface area contributed by atoms with Gasteiger partial charge in [-0.25, -0.2) is 0 Å². The molecule has 1 atom stereocenters. The van der Waals surface area contributed by atoms with Crippen molar-refractivity contribution in [2.45, 2.75) is 18.9 Å². The number of phenols is 1. The Morgan fingerprint density at radius 3 is 2.62 bits per heavy atom. The van der Waals surface area contributed by atoms with Crippen LogP contribution in [0.5, 0.6) is 11.5 Å². The molecule has 0 fully saturated rings. The third-order valence-corrected chi connectivity index (χ3v) is 4.23. The standard InChI is InChI=1S/C17H15NO6/c1-8(19)17(23)7-12-10(3-4-14(17)21)16(22)15-11(18-12)5-9(24-2)6-13(15)20/h3-6,20,23H,7H2,1-2H3,(H,18,22)/t17-/m1/s1. The molecule has 0 aliphatic heterocycles. The number of aromatic amines is 1. The van der Waals surface area contributed by atoms with Gasteiger partial charge in [-0.15, -0.1) is 0 Å². The zero-order chi connectivity index (χ0) is 17.6. The van der Waals surface area contributed by atoms with Gasteiger partial charge < -0.3 is 19.9 Å². The van der Waals surface area contributed by atoms with Crippen molar-refractivity contribution < 1.29 is 24.5 Å². The molecule has 1 aliphatic carbocycles. The highest BCUT2D eigenvalue weighted by Gasteiger charge is 2.42. The number of benzene rings is 1. The largest absolute Gasteiger partial charge is 0.507 e. The van der Waals surface area contributed by atoms with E-state index in [1.165, 1.54) is 25.3 Å². The lowest BCUT2D eigenvalue weighted by Crippen LogP contribution is -2.46. The molecule has 0 saturated heterocycles. The van der Waals surface area contributed by atoms with Gasteiger partial charge in [0.15, 0.2) is 17.2 Å². The van der Waals surface area contributed by atoms with Crippen molar-refractivity contribution in [3.63, 3.8) is 0 Å². The van der Waals surface area contributed by atoms with Crippen molar-refractivity contribution in [1.29, 1.82) is 0 Å². The molecular formula is C17H15NO6. The predicted molar refractivity (Wildman–Crippen MR) is 86.2 cm³/mol. The van der Waals surface area contributed by atoms with E-state index < -0.39 is 22.6 Å². The van der Waals surface area contributed by atoms with Gasteiger partial charge in [0.25, 0.3) is 0 Å². The van der Waals surface area contributed by atoms with E-state index in [0.717, 1.165) is 13.0 Å². The Hall–Kier alpha value is -2.93. The second kappa shape index (κ2) is 5.31. The Labute approximate surface area is 136 Å². The molecule has 3 N–H and O–H groups in total. The molecule has 1 heterocycles. The average molecular weight is 329 g/mol. The Morgan fingerprint density at radius 1 is 1.29 bits per heavy atom. The molecule has 0 amide bonds. The molecule has 3 rings (SSSR count). The molecule has 7 nitrogen and oxygen atoms in total. The number of aliphatic hydroxyl groups is 1. The molecule has 1 aromatic carbocycles. The van der Waals surface area contributed by atoms with E-state index in [1.54, 1.807) is 0 Å². The van der Waals surface area contributed by atoms with Crippen molar-refractivity contribution in [1.82, 2.24) is 4.98 Å². The summed E-state index contributed by atoms with van der Waals surface area (Å²) in [7, 11) is 1.41. The highest BCUT2D eigenvalue weighted by Crippen LogP contribution is 2.30. The minimum Gasteiger partial charge on any atom is -0.507 e. The zero-order valence-corrected chi connectivity index (χ0v) is 13.0. The van der Waals surface area contributed by atoms with E-state index in [-0.39, 0.29) is 34.3 Å². The molecule has 0 saturated carbocycles. The van der Waals surface area contributed by atoms with E-state index >= 15 is 0 Å². The number of aromatic nitrogens is 1. The van der Waals surface area contributed by atoms with Crippen LogP contribution in [-0.4, -0.2) is 39.5 Å². The van der Waals surface area contributed by atoms with E-state index in [4.69, 9.17) is 4.74 Å². The van der Waals surface area contributed by atoms with Crippen LogP contribution in [0.3, 0.4) is 0 Å². The first-order valence-electron chi connectivity index (χ1n) is 7.19. The lowest BCUT2D eigenvalue weighted by molar-refractivity contribution is -0.146. The zero-order valence-electron chi connectivity index (χ0n) is 13.0. The second-order valence-electron chi connectivity index (χ2n) is 5.71. The maximum Gasteiger partial charge on any atom is 0.200 e. The molecule has 7 heteroatoms. The molecule has 0 radical (unpaired) electrons. The third-order valence-electron chi connectivity index (χ3n) is 4.23. The lowest BCUT2D eigenvalue weighted by atomic mass is 9.89. The Kier molecular flexibility index (Phi) is 3.53. The summed E-state index contributed by atoms with van der Waals surface area (Å²) in [5, 5.41) is 20.5. The SMILES string of the molecule is COc1cc(O)c2c(=O)c3c([nH]c2c1)C[C@@](O)(C(C)=O)C(=O)C=C3. The van der Waals surface area contributed by atoms with Crippen LogP contribution in [-0.2, 0) is 16.0 Å². The van der Waals surface area contributed by atoms with Gasteiger partial charge in [0.2, 0.25) is 5.43 Å². The normalized spacial score (nSPS) is 19.9. The Bertz CT molecular complexity index is 971. The van der Waals surface area contributed by atoms with E-state index in [9.17, 15) is 24.6 Å². The number of carbonyl (C=O) groups excluding carboxylic acids is 2. The number of methoxy groups -OCH3 is 1. The number of phenolic OH excluding ortho intramolecular Hbond substituents is 1. The Balaban J connectivity index is 2.35. The first-order chi connectivity index (χ1) is 11.3. The molecule has 2 aromatic rings. The van der Waals surface area contributed by atoms with Crippen molar-refractivity contribution in [2.24, 2.45) is 0 Å². The van der Waals surface area contributed by atoms with Crippen molar-refractivity contribution >= 4 is 28.5 Å². The molecule has 0 spiro atoms. The van der Waals surface area contributed by atoms with Gasteiger partial charge in [0.05, 0.1) is 18.0 Å². The summed E-state index contributed by atoms with van der Waals surface area (Å²) in [5.74, 6) is -1.43. The number of nitrogens with one attached hydrogen (secondary N) is 1. The van der Waals surface area contributed by atoms with Crippen LogP contribution in [0.1, 0.15) is 18.2 Å². The van der Waals surface area contributed by atoms with Crippen LogP contribution in [0.15, 0.2) is 23.0 Å². The van der Waals surface area contributed by atoms with Crippen LogP contribution in [0.4, 0.5) is 0 Å². The summed E-state index contributed by atoms with van der Waals surface area (Å²) in [6.45, 7) is 1.12. The summed E-state index contributed by atoms with van der Waals surface area (Å²) in [6.07, 6.45) is 1.90. The number of ether oxygens (including phenoxy) is 1. The van der Waals surface area contributed by atoms with Gasteiger partial charge in [0, 0.05) is 29.8 Å². The summed E-state index contributed by atoms with van der Waals surface area (Å²) >= 11 is 0. The van der Waals surface area contributed by atoms with Crippen molar-refractivity contribution in [3.05, 3.63) is 39.7 Å². The smallest absolute Gasteiger partial charge is 0.200 e. The highest BCUT2D eigenvalue weighted by atomic mass is 16.5. The van der Waals surface area contributed by atoms with Crippen molar-refractivity contribution in [3.8, 4) is 11.5 Å². The fraction of sp³-hybridized carbons (Fsp3) is 0.235. The van der Waals surface area contributed by atoms with E-state index in [0.29, 0.717) is 5.75 Å². The number of pyridine rings is 1. The first kappa shape index (κ1) is 15.9. The summed E-state index contributed by atoms with van der Waals surface area (Å²) in [6, 6.07) is 2.82. The molecule has 0 bridgehead atoms. The predicted octanol–water partition coefficient (Wildman–Crippen LogP) is 0.701. The molecule has 124 valence electrons. The minimum absolute atomic E-state index is 0.0416. The number of H-pyrrole nitrogens is 1. The molecule has 0 unspecified atom stereocenters. The quantitative estimate of drug-likeness (QED) is 0.698. The van der Waals surface area contributed by atoms with Crippen molar-refractivity contribution in [2.75, 3.05) is 7.11 Å². The molecular weight excluding hydrogens is 314 g/mol. The highest BCUT2D eigenvalue weighted by molar-refractivity contribution is 6.16. The van der Waals surface area contributed by atoms with Crippen LogP contribution in [0, 0.1) is 0 Å². The number of aromatic hydroxyl groups is 1. The number of hydrogen-bond acceptors (Lipinski definition) is 6. The lowest BCUT2D eigenvalue weighted by Gasteiger charge is -2.21. The topological polar surface area (TPSA) is 117 Å². The summed E-state index contributed by atoms with van der Waals surface area (Å²) in [4.78, 5) is 39.4. The van der Waals surface area contributed by atoms with Gasteiger partial charge in [-0.1, -0.05) is 0 Å². The number of rotatable bonds is 2.